The molecule has 124 valence electrons. The first-order valence-electron chi connectivity index (χ1n) is 7.43. The topological polar surface area (TPSA) is 84.9 Å². The van der Waals surface area contributed by atoms with Crippen molar-refractivity contribution in [3.63, 3.8) is 0 Å². The Balaban J connectivity index is 1.93. The molecule has 1 aromatic carbocycles. The number of nitrogens with one attached hydrogen (secondary N) is 1. The molecule has 1 aliphatic rings. The smallest absolute Gasteiger partial charge is 0.325 e. The monoisotopic (exact) mass is 320 g/mol. The van der Waals surface area contributed by atoms with Crippen molar-refractivity contribution in [2.45, 2.75) is 13.3 Å². The van der Waals surface area contributed by atoms with Crippen molar-refractivity contribution >= 4 is 23.5 Å². The molecule has 1 atom stereocenters. The minimum Gasteiger partial charge on any atom is -0.497 e. The van der Waals surface area contributed by atoms with Gasteiger partial charge < -0.3 is 19.7 Å². The van der Waals surface area contributed by atoms with E-state index in [0.29, 0.717) is 12.3 Å². The maximum Gasteiger partial charge on any atom is 0.325 e. The maximum atomic E-state index is 12.1. The summed E-state index contributed by atoms with van der Waals surface area (Å²) >= 11 is 0. The first-order chi connectivity index (χ1) is 11.0. The summed E-state index contributed by atoms with van der Waals surface area (Å²) in [5.41, 5.74) is 0.719. The normalized spacial score (nSPS) is 17.0. The Hall–Kier alpha value is -2.57. The molecular weight excluding hydrogens is 300 g/mol. The first-order valence-corrected chi connectivity index (χ1v) is 7.43. The van der Waals surface area contributed by atoms with Gasteiger partial charge in [0.05, 0.1) is 19.6 Å². The number of hydrogen-bond donors (Lipinski definition) is 1. The van der Waals surface area contributed by atoms with E-state index in [-0.39, 0.29) is 31.4 Å². The van der Waals surface area contributed by atoms with Crippen LogP contribution in [-0.4, -0.2) is 44.6 Å². The van der Waals surface area contributed by atoms with Gasteiger partial charge in [-0.2, -0.15) is 0 Å². The number of hydrogen-bond acceptors (Lipinski definition) is 5. The highest BCUT2D eigenvalue weighted by molar-refractivity contribution is 6.00. The first kappa shape index (κ1) is 16.8. The van der Waals surface area contributed by atoms with E-state index in [1.165, 1.54) is 0 Å². The van der Waals surface area contributed by atoms with E-state index in [1.807, 2.05) is 0 Å². The Kier molecular flexibility index (Phi) is 5.56. The molecular formula is C16H20N2O5. The molecule has 0 radical (unpaired) electrons. The van der Waals surface area contributed by atoms with Gasteiger partial charge in [0.2, 0.25) is 11.8 Å². The lowest BCUT2D eigenvalue weighted by Crippen LogP contribution is -2.36. The van der Waals surface area contributed by atoms with Crippen LogP contribution in [0.2, 0.25) is 0 Å². The predicted molar refractivity (Wildman–Crippen MR) is 83.1 cm³/mol. The van der Waals surface area contributed by atoms with Gasteiger partial charge in [-0.3, -0.25) is 14.4 Å². The number of methoxy groups -OCH3 is 1. The van der Waals surface area contributed by atoms with Crippen LogP contribution in [0.4, 0.5) is 5.69 Å². The van der Waals surface area contributed by atoms with E-state index in [1.54, 1.807) is 43.2 Å². The van der Waals surface area contributed by atoms with E-state index in [4.69, 9.17) is 9.47 Å². The number of benzene rings is 1. The summed E-state index contributed by atoms with van der Waals surface area (Å²) in [5.74, 6) is -0.700. The molecule has 1 heterocycles. The molecule has 1 saturated heterocycles. The molecule has 0 aliphatic carbocycles. The summed E-state index contributed by atoms with van der Waals surface area (Å²) in [4.78, 5) is 37.0. The molecule has 1 aromatic rings. The largest absolute Gasteiger partial charge is 0.497 e. The van der Waals surface area contributed by atoms with Crippen LogP contribution in [0.5, 0.6) is 5.75 Å². The Morgan fingerprint density at radius 3 is 2.61 bits per heavy atom. The lowest BCUT2D eigenvalue weighted by atomic mass is 10.1. The quantitative estimate of drug-likeness (QED) is 0.781. The molecule has 0 aromatic heterocycles. The zero-order valence-corrected chi connectivity index (χ0v) is 13.2. The van der Waals surface area contributed by atoms with Gasteiger partial charge >= 0.3 is 5.97 Å². The second-order valence-electron chi connectivity index (χ2n) is 5.13. The van der Waals surface area contributed by atoms with Gasteiger partial charge in [-0.05, 0) is 31.2 Å². The summed E-state index contributed by atoms with van der Waals surface area (Å²) in [6.07, 6.45) is 0.126. The van der Waals surface area contributed by atoms with Crippen LogP contribution in [0.15, 0.2) is 24.3 Å². The van der Waals surface area contributed by atoms with Gasteiger partial charge in [-0.1, -0.05) is 0 Å². The van der Waals surface area contributed by atoms with Gasteiger partial charge in [-0.15, -0.1) is 0 Å². The van der Waals surface area contributed by atoms with Crippen LogP contribution in [0.1, 0.15) is 13.3 Å². The third kappa shape index (κ3) is 4.21. The van der Waals surface area contributed by atoms with Crippen molar-refractivity contribution in [3.8, 4) is 5.75 Å². The van der Waals surface area contributed by atoms with E-state index < -0.39 is 11.9 Å². The lowest BCUT2D eigenvalue weighted by Gasteiger charge is -2.17. The number of amides is 2. The summed E-state index contributed by atoms with van der Waals surface area (Å²) in [6.45, 7) is 2.07. The van der Waals surface area contributed by atoms with Crippen LogP contribution in [0, 0.1) is 5.92 Å². The SMILES string of the molecule is CCOC(=O)CNC(=O)C1CC(=O)N(c2ccc(OC)cc2)C1. The van der Waals surface area contributed by atoms with E-state index in [2.05, 4.69) is 5.32 Å². The summed E-state index contributed by atoms with van der Waals surface area (Å²) in [5, 5.41) is 2.51. The van der Waals surface area contributed by atoms with Gasteiger partial charge in [0.1, 0.15) is 12.3 Å². The zero-order chi connectivity index (χ0) is 16.8. The maximum absolute atomic E-state index is 12.1. The minimum absolute atomic E-state index is 0.119. The average Bonchev–Trinajstić information content (AvgIpc) is 2.95. The van der Waals surface area contributed by atoms with Crippen LogP contribution in [0.3, 0.4) is 0 Å². The van der Waals surface area contributed by atoms with Crippen molar-refractivity contribution in [3.05, 3.63) is 24.3 Å². The molecule has 0 saturated carbocycles. The molecule has 1 unspecified atom stereocenters. The van der Waals surface area contributed by atoms with Crippen LogP contribution in [0.25, 0.3) is 0 Å². The van der Waals surface area contributed by atoms with E-state index >= 15 is 0 Å². The predicted octanol–water partition coefficient (Wildman–Crippen LogP) is 0.727. The fraction of sp³-hybridized carbons (Fsp3) is 0.438. The molecule has 23 heavy (non-hydrogen) atoms. The van der Waals surface area contributed by atoms with Crippen LogP contribution >= 0.6 is 0 Å². The second-order valence-corrected chi connectivity index (χ2v) is 5.13. The second kappa shape index (κ2) is 7.62. The number of anilines is 1. The highest BCUT2D eigenvalue weighted by Crippen LogP contribution is 2.26. The van der Waals surface area contributed by atoms with Gasteiger partial charge in [0, 0.05) is 18.7 Å². The fourth-order valence-electron chi connectivity index (χ4n) is 2.41. The molecule has 0 bridgehead atoms. The van der Waals surface area contributed by atoms with Gasteiger partial charge in [-0.25, -0.2) is 0 Å². The zero-order valence-electron chi connectivity index (χ0n) is 13.2. The molecule has 2 amide bonds. The number of esters is 1. The van der Waals surface area contributed by atoms with E-state index in [9.17, 15) is 14.4 Å². The number of ether oxygens (including phenoxy) is 2. The van der Waals surface area contributed by atoms with Crippen molar-refractivity contribution < 1.29 is 23.9 Å². The van der Waals surface area contributed by atoms with Crippen molar-refractivity contribution in [1.82, 2.24) is 5.32 Å². The number of carbonyl (C=O) groups is 3. The van der Waals surface area contributed by atoms with Crippen LogP contribution < -0.4 is 15.0 Å². The molecule has 1 aliphatic heterocycles. The standard InChI is InChI=1S/C16H20N2O5/c1-3-23-15(20)9-17-16(21)11-8-14(19)18(10-11)12-4-6-13(22-2)7-5-12/h4-7,11H,3,8-10H2,1-2H3,(H,17,21). The molecule has 0 spiro atoms. The van der Waals surface area contributed by atoms with Gasteiger partial charge in [0.25, 0.3) is 0 Å². The molecule has 1 N–H and O–H groups in total. The molecule has 7 heteroatoms. The Bertz CT molecular complexity index is 585. The summed E-state index contributed by atoms with van der Waals surface area (Å²) in [6, 6.07) is 7.07. The Morgan fingerprint density at radius 1 is 1.30 bits per heavy atom. The van der Waals surface area contributed by atoms with Gasteiger partial charge in [0.15, 0.2) is 0 Å². The van der Waals surface area contributed by atoms with Crippen LogP contribution in [-0.2, 0) is 19.1 Å². The summed E-state index contributed by atoms with van der Waals surface area (Å²) in [7, 11) is 1.57. The van der Waals surface area contributed by atoms with E-state index in [0.717, 1.165) is 5.69 Å². The highest BCUT2D eigenvalue weighted by Gasteiger charge is 2.35. The minimum atomic E-state index is -0.489. The van der Waals surface area contributed by atoms with Crippen molar-refractivity contribution in [2.75, 3.05) is 31.7 Å². The molecule has 1 fully saturated rings. The van der Waals surface area contributed by atoms with Crippen molar-refractivity contribution in [2.24, 2.45) is 5.92 Å². The third-order valence-corrected chi connectivity index (χ3v) is 3.59. The lowest BCUT2D eigenvalue weighted by molar-refractivity contribution is -0.143. The number of rotatable bonds is 6. The number of carbonyl (C=O) groups excluding carboxylic acids is 3. The molecule has 7 nitrogen and oxygen atoms in total. The van der Waals surface area contributed by atoms with Crippen molar-refractivity contribution in [1.29, 1.82) is 0 Å². The Morgan fingerprint density at radius 2 is 2.00 bits per heavy atom. The summed E-state index contributed by atoms with van der Waals surface area (Å²) < 4.78 is 9.83. The average molecular weight is 320 g/mol. The highest BCUT2D eigenvalue weighted by atomic mass is 16.5. The number of nitrogens with zero attached hydrogens (tertiary/aromatic N) is 1. The fourth-order valence-corrected chi connectivity index (χ4v) is 2.41. The Labute approximate surface area is 134 Å². The third-order valence-electron chi connectivity index (χ3n) is 3.59. The molecule has 2 rings (SSSR count).